The molecule has 1 aliphatic carbocycles. The van der Waals surface area contributed by atoms with Crippen LogP contribution in [0.4, 0.5) is 0 Å². The summed E-state index contributed by atoms with van der Waals surface area (Å²) in [6.45, 7) is 3.31. The van der Waals surface area contributed by atoms with Crippen molar-refractivity contribution in [2.24, 2.45) is 5.92 Å². The number of hydrogen-bond acceptors (Lipinski definition) is 5. The van der Waals surface area contributed by atoms with Gasteiger partial charge in [0, 0.05) is 37.0 Å². The fourth-order valence-electron chi connectivity index (χ4n) is 3.79. The molecule has 25 heavy (non-hydrogen) atoms. The Morgan fingerprint density at radius 1 is 1.12 bits per heavy atom. The van der Waals surface area contributed by atoms with Crippen LogP contribution in [0.15, 0.2) is 10.6 Å². The zero-order chi connectivity index (χ0) is 17.2. The molecule has 2 aliphatic heterocycles. The van der Waals surface area contributed by atoms with Crippen LogP contribution < -0.4 is 10.6 Å². The second kappa shape index (κ2) is 7.15. The predicted molar refractivity (Wildman–Crippen MR) is 91.1 cm³/mol. The van der Waals surface area contributed by atoms with Crippen LogP contribution in [0.3, 0.4) is 0 Å². The Bertz CT molecular complexity index is 626. The van der Waals surface area contributed by atoms with Crippen molar-refractivity contribution in [2.45, 2.75) is 50.5 Å². The van der Waals surface area contributed by atoms with Crippen molar-refractivity contribution in [1.82, 2.24) is 20.7 Å². The third kappa shape index (κ3) is 3.86. The van der Waals surface area contributed by atoms with E-state index in [9.17, 15) is 9.59 Å². The van der Waals surface area contributed by atoms with E-state index >= 15 is 0 Å². The molecule has 3 fully saturated rings. The zero-order valence-corrected chi connectivity index (χ0v) is 14.5. The molecule has 1 aromatic rings. The van der Waals surface area contributed by atoms with Gasteiger partial charge >= 0.3 is 0 Å². The molecule has 0 aromatic carbocycles. The van der Waals surface area contributed by atoms with Crippen LogP contribution in [0.1, 0.15) is 60.7 Å². The highest BCUT2D eigenvalue weighted by atomic mass is 16.5. The van der Waals surface area contributed by atoms with Crippen LogP contribution in [-0.2, 0) is 4.79 Å². The van der Waals surface area contributed by atoms with Crippen LogP contribution in [0.5, 0.6) is 0 Å². The number of carbonyl (C=O) groups is 2. The maximum Gasteiger partial charge on any atom is 0.273 e. The van der Waals surface area contributed by atoms with Gasteiger partial charge in [-0.05, 0) is 51.6 Å². The van der Waals surface area contributed by atoms with Crippen molar-refractivity contribution >= 4 is 11.8 Å². The molecule has 0 unspecified atom stereocenters. The molecule has 0 bridgehead atoms. The number of nitrogens with one attached hydrogen (secondary N) is 2. The van der Waals surface area contributed by atoms with Crippen LogP contribution in [-0.4, -0.2) is 54.1 Å². The summed E-state index contributed by atoms with van der Waals surface area (Å²) >= 11 is 0. The molecule has 1 aromatic heterocycles. The van der Waals surface area contributed by atoms with Gasteiger partial charge < -0.3 is 20.1 Å². The van der Waals surface area contributed by atoms with Gasteiger partial charge in [-0.1, -0.05) is 5.16 Å². The number of carbonyl (C=O) groups excluding carboxylic acids is 2. The van der Waals surface area contributed by atoms with Crippen molar-refractivity contribution in [3.8, 4) is 0 Å². The molecule has 2 N–H and O–H groups in total. The molecule has 3 aliphatic rings. The molecule has 7 nitrogen and oxygen atoms in total. The van der Waals surface area contributed by atoms with E-state index in [0.717, 1.165) is 70.5 Å². The summed E-state index contributed by atoms with van der Waals surface area (Å²) < 4.78 is 5.25. The third-order valence-corrected chi connectivity index (χ3v) is 5.57. The largest absolute Gasteiger partial charge is 0.360 e. The molecular formula is C18H26N4O3. The van der Waals surface area contributed by atoms with Gasteiger partial charge in [-0.25, -0.2) is 0 Å². The van der Waals surface area contributed by atoms with Crippen LogP contribution in [0.2, 0.25) is 0 Å². The van der Waals surface area contributed by atoms with Crippen LogP contribution >= 0.6 is 0 Å². The lowest BCUT2D eigenvalue weighted by atomic mass is 9.95. The Morgan fingerprint density at radius 3 is 2.52 bits per heavy atom. The molecule has 1 saturated carbocycles. The van der Waals surface area contributed by atoms with Crippen molar-refractivity contribution in [3.63, 3.8) is 0 Å². The second-order valence-electron chi connectivity index (χ2n) is 7.49. The molecule has 136 valence electrons. The number of nitrogens with zero attached hydrogens (tertiary/aromatic N) is 2. The van der Waals surface area contributed by atoms with Gasteiger partial charge in [0.05, 0.1) is 0 Å². The summed E-state index contributed by atoms with van der Waals surface area (Å²) in [6.07, 6.45) is 5.72. The second-order valence-corrected chi connectivity index (χ2v) is 7.49. The Hall–Kier alpha value is -1.89. The SMILES string of the molecule is O=C(NC1CCN(C(=O)C2CCNCC2)CC1)c1cc(C2CC2)on1. The number of amides is 2. The number of piperidine rings is 2. The van der Waals surface area contributed by atoms with Gasteiger partial charge in [0.1, 0.15) is 5.76 Å². The standard InChI is InChI=1S/C18H26N4O3/c23-17(15-11-16(25-21-15)12-1-2-12)20-14-5-9-22(10-6-14)18(24)13-3-7-19-8-4-13/h11-14,19H,1-10H2,(H,20,23). The van der Waals surface area contributed by atoms with Crippen LogP contribution in [0, 0.1) is 5.92 Å². The third-order valence-electron chi connectivity index (χ3n) is 5.57. The average molecular weight is 346 g/mol. The van der Waals surface area contributed by atoms with E-state index in [2.05, 4.69) is 15.8 Å². The number of aromatic nitrogens is 1. The van der Waals surface area contributed by atoms with E-state index in [0.29, 0.717) is 11.6 Å². The fourth-order valence-corrected chi connectivity index (χ4v) is 3.79. The highest BCUT2D eigenvalue weighted by Crippen LogP contribution is 2.40. The first-order chi connectivity index (χ1) is 12.2. The molecule has 2 saturated heterocycles. The Labute approximate surface area is 147 Å². The highest BCUT2D eigenvalue weighted by molar-refractivity contribution is 5.92. The van der Waals surface area contributed by atoms with E-state index < -0.39 is 0 Å². The summed E-state index contributed by atoms with van der Waals surface area (Å²) in [6, 6.07) is 1.87. The first-order valence-electron chi connectivity index (χ1n) is 9.47. The fraction of sp³-hybridized carbons (Fsp3) is 0.722. The number of hydrogen-bond donors (Lipinski definition) is 2. The minimum Gasteiger partial charge on any atom is -0.360 e. The molecule has 0 radical (unpaired) electrons. The summed E-state index contributed by atoms with van der Waals surface area (Å²) in [5, 5.41) is 10.2. The van der Waals surface area contributed by atoms with E-state index in [-0.39, 0.29) is 23.8 Å². The molecule has 0 atom stereocenters. The van der Waals surface area contributed by atoms with Crippen molar-refractivity contribution in [3.05, 3.63) is 17.5 Å². The minimum absolute atomic E-state index is 0.102. The van der Waals surface area contributed by atoms with E-state index in [1.165, 1.54) is 0 Å². The van der Waals surface area contributed by atoms with Gasteiger partial charge in [0.15, 0.2) is 5.69 Å². The molecule has 4 rings (SSSR count). The monoisotopic (exact) mass is 346 g/mol. The normalized spacial score (nSPS) is 22.8. The van der Waals surface area contributed by atoms with Crippen LogP contribution in [0.25, 0.3) is 0 Å². The van der Waals surface area contributed by atoms with Gasteiger partial charge in [0.25, 0.3) is 5.91 Å². The van der Waals surface area contributed by atoms with E-state index in [1.54, 1.807) is 6.07 Å². The molecular weight excluding hydrogens is 320 g/mol. The summed E-state index contributed by atoms with van der Waals surface area (Å²) in [4.78, 5) is 26.8. The van der Waals surface area contributed by atoms with Gasteiger partial charge in [-0.2, -0.15) is 0 Å². The lowest BCUT2D eigenvalue weighted by Crippen LogP contribution is -2.49. The summed E-state index contributed by atoms with van der Waals surface area (Å²) in [7, 11) is 0. The van der Waals surface area contributed by atoms with Crippen molar-refractivity contribution in [1.29, 1.82) is 0 Å². The Kier molecular flexibility index (Phi) is 4.74. The summed E-state index contributed by atoms with van der Waals surface area (Å²) in [5.74, 6) is 1.57. The van der Waals surface area contributed by atoms with Gasteiger partial charge in [-0.3, -0.25) is 9.59 Å². The van der Waals surface area contributed by atoms with Gasteiger partial charge in [-0.15, -0.1) is 0 Å². The topological polar surface area (TPSA) is 87.5 Å². The average Bonchev–Trinajstić information content (AvgIpc) is 3.39. The van der Waals surface area contributed by atoms with Crippen molar-refractivity contribution in [2.75, 3.05) is 26.2 Å². The number of likely N-dealkylation sites (tertiary alicyclic amines) is 1. The lowest BCUT2D eigenvalue weighted by molar-refractivity contribution is -0.137. The van der Waals surface area contributed by atoms with E-state index in [4.69, 9.17) is 4.52 Å². The lowest BCUT2D eigenvalue weighted by Gasteiger charge is -2.35. The maximum absolute atomic E-state index is 12.6. The Morgan fingerprint density at radius 2 is 1.84 bits per heavy atom. The summed E-state index contributed by atoms with van der Waals surface area (Å²) in [5.41, 5.74) is 0.370. The smallest absolute Gasteiger partial charge is 0.273 e. The number of rotatable bonds is 4. The highest BCUT2D eigenvalue weighted by Gasteiger charge is 2.31. The van der Waals surface area contributed by atoms with Crippen molar-refractivity contribution < 1.29 is 14.1 Å². The maximum atomic E-state index is 12.6. The molecule has 0 spiro atoms. The first-order valence-corrected chi connectivity index (χ1v) is 9.47. The first kappa shape index (κ1) is 16.6. The van der Waals surface area contributed by atoms with E-state index in [1.807, 2.05) is 4.90 Å². The van der Waals surface area contributed by atoms with Gasteiger partial charge in [0.2, 0.25) is 5.91 Å². The molecule has 3 heterocycles. The predicted octanol–water partition coefficient (Wildman–Crippen LogP) is 1.27. The Balaban J connectivity index is 1.25. The quantitative estimate of drug-likeness (QED) is 0.857. The zero-order valence-electron chi connectivity index (χ0n) is 14.5. The molecule has 2 amide bonds. The molecule has 7 heteroatoms. The minimum atomic E-state index is -0.168.